The lowest BCUT2D eigenvalue weighted by atomic mass is 10.1. The number of hydrogen-bond donors (Lipinski definition) is 3. The van der Waals surface area contributed by atoms with Crippen LogP contribution in [0.3, 0.4) is 0 Å². The van der Waals surface area contributed by atoms with Gasteiger partial charge in [-0.25, -0.2) is 23.3 Å². The highest BCUT2D eigenvalue weighted by atomic mass is 32.2. The van der Waals surface area contributed by atoms with E-state index in [0.717, 1.165) is 0 Å². The fourth-order valence-electron chi connectivity index (χ4n) is 1.15. The van der Waals surface area contributed by atoms with E-state index in [4.69, 9.17) is 5.14 Å². The molecule has 8 heteroatoms. The van der Waals surface area contributed by atoms with Crippen molar-refractivity contribution in [2.45, 2.75) is 31.3 Å². The van der Waals surface area contributed by atoms with Crippen molar-refractivity contribution in [3.05, 3.63) is 18.3 Å². The Morgan fingerprint density at radius 3 is 2.50 bits per heavy atom. The number of pyridine rings is 1. The highest BCUT2D eigenvalue weighted by Gasteiger charge is 2.15. The summed E-state index contributed by atoms with van der Waals surface area (Å²) in [6.07, 6.45) is 1.26. The smallest absolute Gasteiger partial charge is 0.319 e. The molecule has 0 atom stereocenters. The SMILES string of the molecule is CC(C)(C)NC(=O)Nc1ccnc(S(N)(=O)=O)c1. The van der Waals surface area contributed by atoms with Crippen molar-refractivity contribution in [2.75, 3.05) is 5.32 Å². The molecule has 0 fully saturated rings. The minimum Gasteiger partial charge on any atom is -0.333 e. The van der Waals surface area contributed by atoms with Crippen molar-refractivity contribution in [1.29, 1.82) is 0 Å². The maximum atomic E-state index is 11.6. The lowest BCUT2D eigenvalue weighted by Crippen LogP contribution is -2.43. The van der Waals surface area contributed by atoms with Crippen molar-refractivity contribution in [3.8, 4) is 0 Å². The number of nitrogens with zero attached hydrogens (tertiary/aromatic N) is 1. The Morgan fingerprint density at radius 2 is 2.00 bits per heavy atom. The van der Waals surface area contributed by atoms with E-state index in [-0.39, 0.29) is 10.6 Å². The monoisotopic (exact) mass is 272 g/mol. The van der Waals surface area contributed by atoms with Crippen molar-refractivity contribution >= 4 is 21.7 Å². The first-order chi connectivity index (χ1) is 8.08. The molecule has 0 unspecified atom stereocenters. The molecule has 0 saturated heterocycles. The van der Waals surface area contributed by atoms with E-state index in [1.165, 1.54) is 18.3 Å². The zero-order valence-corrected chi connectivity index (χ0v) is 11.2. The molecule has 0 aliphatic rings. The molecule has 100 valence electrons. The van der Waals surface area contributed by atoms with E-state index in [2.05, 4.69) is 15.6 Å². The van der Waals surface area contributed by atoms with E-state index in [1.54, 1.807) is 0 Å². The Kier molecular flexibility index (Phi) is 3.92. The number of rotatable bonds is 2. The average molecular weight is 272 g/mol. The van der Waals surface area contributed by atoms with Gasteiger partial charge in [0.05, 0.1) is 0 Å². The second kappa shape index (κ2) is 4.91. The van der Waals surface area contributed by atoms with Gasteiger partial charge in [-0.15, -0.1) is 0 Å². The minimum absolute atomic E-state index is 0.295. The summed E-state index contributed by atoms with van der Waals surface area (Å²) in [6.45, 7) is 5.48. The van der Waals surface area contributed by atoms with Gasteiger partial charge in [0.15, 0.2) is 5.03 Å². The summed E-state index contributed by atoms with van der Waals surface area (Å²) in [5.74, 6) is 0. The van der Waals surface area contributed by atoms with Crippen molar-refractivity contribution in [3.63, 3.8) is 0 Å². The summed E-state index contributed by atoms with van der Waals surface area (Å²) in [7, 11) is -3.88. The molecule has 0 aliphatic carbocycles. The first-order valence-electron chi connectivity index (χ1n) is 5.16. The number of nitrogens with two attached hydrogens (primary N) is 1. The highest BCUT2D eigenvalue weighted by molar-refractivity contribution is 7.89. The van der Waals surface area contributed by atoms with Crippen LogP contribution in [0.15, 0.2) is 23.4 Å². The molecular weight excluding hydrogens is 256 g/mol. The Labute approximate surface area is 106 Å². The van der Waals surface area contributed by atoms with Crippen LogP contribution in [0.2, 0.25) is 0 Å². The van der Waals surface area contributed by atoms with Gasteiger partial charge >= 0.3 is 6.03 Å². The molecule has 1 aromatic rings. The Morgan fingerprint density at radius 1 is 1.39 bits per heavy atom. The Hall–Kier alpha value is -1.67. The quantitative estimate of drug-likeness (QED) is 0.733. The standard InChI is InChI=1S/C10H16N4O3S/c1-10(2,3)14-9(15)13-7-4-5-12-8(6-7)18(11,16)17/h4-6H,1-3H3,(H2,11,16,17)(H2,12,13,14,15). The molecule has 0 spiro atoms. The van der Waals surface area contributed by atoms with Crippen LogP contribution >= 0.6 is 0 Å². The topological polar surface area (TPSA) is 114 Å². The van der Waals surface area contributed by atoms with Gasteiger partial charge in [0.1, 0.15) is 0 Å². The van der Waals surface area contributed by atoms with Crippen LogP contribution in [-0.2, 0) is 10.0 Å². The molecule has 0 radical (unpaired) electrons. The van der Waals surface area contributed by atoms with Crippen molar-refractivity contribution in [1.82, 2.24) is 10.3 Å². The van der Waals surface area contributed by atoms with E-state index >= 15 is 0 Å². The molecule has 1 heterocycles. The predicted octanol–water partition coefficient (Wildman–Crippen LogP) is 0.649. The molecule has 18 heavy (non-hydrogen) atoms. The number of carbonyl (C=O) groups excluding carboxylic acids is 1. The first-order valence-corrected chi connectivity index (χ1v) is 6.70. The van der Waals surface area contributed by atoms with Crippen molar-refractivity contribution < 1.29 is 13.2 Å². The number of amides is 2. The molecule has 0 saturated carbocycles. The summed E-state index contributed by atoms with van der Waals surface area (Å²) in [6, 6.07) is 2.23. The van der Waals surface area contributed by atoms with Gasteiger partial charge in [-0.2, -0.15) is 0 Å². The van der Waals surface area contributed by atoms with Gasteiger partial charge in [-0.05, 0) is 26.8 Å². The summed E-state index contributed by atoms with van der Waals surface area (Å²) in [5.41, 5.74) is -0.0874. The van der Waals surface area contributed by atoms with Gasteiger partial charge in [-0.1, -0.05) is 0 Å². The number of carbonyl (C=O) groups is 1. The summed E-state index contributed by atoms with van der Waals surface area (Å²) < 4.78 is 22.2. The van der Waals surface area contributed by atoms with Gasteiger partial charge in [0.2, 0.25) is 0 Å². The third kappa shape index (κ3) is 4.68. The van der Waals surface area contributed by atoms with Gasteiger partial charge in [-0.3, -0.25) is 0 Å². The third-order valence-corrected chi connectivity index (χ3v) is 2.58. The van der Waals surface area contributed by atoms with Crippen LogP contribution in [0.1, 0.15) is 20.8 Å². The van der Waals surface area contributed by atoms with Gasteiger partial charge in [0.25, 0.3) is 10.0 Å². The number of sulfonamides is 1. The van der Waals surface area contributed by atoms with Gasteiger partial charge < -0.3 is 10.6 Å². The number of primary sulfonamides is 1. The predicted molar refractivity (Wildman–Crippen MR) is 67.5 cm³/mol. The van der Waals surface area contributed by atoms with Crippen LogP contribution < -0.4 is 15.8 Å². The van der Waals surface area contributed by atoms with Crippen LogP contribution in [-0.4, -0.2) is 25.0 Å². The maximum Gasteiger partial charge on any atom is 0.319 e. The molecule has 0 aliphatic heterocycles. The molecule has 1 aromatic heterocycles. The fraction of sp³-hybridized carbons (Fsp3) is 0.400. The van der Waals surface area contributed by atoms with Gasteiger partial charge in [0, 0.05) is 23.5 Å². The second-order valence-corrected chi connectivity index (χ2v) is 6.27. The molecule has 4 N–H and O–H groups in total. The molecule has 7 nitrogen and oxygen atoms in total. The van der Waals surface area contributed by atoms with E-state index in [1.807, 2.05) is 20.8 Å². The largest absolute Gasteiger partial charge is 0.333 e. The Bertz CT molecular complexity index is 548. The summed E-state index contributed by atoms with van der Waals surface area (Å²) in [5, 5.41) is 9.82. The van der Waals surface area contributed by atoms with Crippen LogP contribution in [0.25, 0.3) is 0 Å². The number of urea groups is 1. The van der Waals surface area contributed by atoms with E-state index < -0.39 is 16.1 Å². The second-order valence-electron chi connectivity index (χ2n) is 4.76. The Balaban J connectivity index is 2.84. The molecule has 1 rings (SSSR count). The zero-order chi connectivity index (χ0) is 14.0. The molecule has 0 bridgehead atoms. The normalized spacial score (nSPS) is 12.0. The lowest BCUT2D eigenvalue weighted by molar-refractivity contribution is 0.244. The minimum atomic E-state index is -3.88. The third-order valence-electron chi connectivity index (χ3n) is 1.77. The fourth-order valence-corrected chi connectivity index (χ4v) is 1.64. The number of nitrogens with one attached hydrogen (secondary N) is 2. The van der Waals surface area contributed by atoms with Crippen LogP contribution in [0.4, 0.5) is 10.5 Å². The number of hydrogen-bond acceptors (Lipinski definition) is 4. The van der Waals surface area contributed by atoms with E-state index in [0.29, 0.717) is 5.69 Å². The van der Waals surface area contributed by atoms with Crippen LogP contribution in [0, 0.1) is 0 Å². The van der Waals surface area contributed by atoms with E-state index in [9.17, 15) is 13.2 Å². The highest BCUT2D eigenvalue weighted by Crippen LogP contribution is 2.11. The maximum absolute atomic E-state index is 11.6. The molecule has 0 aromatic carbocycles. The lowest BCUT2D eigenvalue weighted by Gasteiger charge is -2.20. The van der Waals surface area contributed by atoms with Crippen LogP contribution in [0.5, 0.6) is 0 Å². The summed E-state index contributed by atoms with van der Waals surface area (Å²) in [4.78, 5) is 15.2. The zero-order valence-electron chi connectivity index (χ0n) is 10.4. The van der Waals surface area contributed by atoms with Crippen molar-refractivity contribution in [2.24, 2.45) is 5.14 Å². The molecular formula is C10H16N4O3S. The average Bonchev–Trinajstić information content (AvgIpc) is 2.13. The first kappa shape index (κ1) is 14.4. The number of aromatic nitrogens is 1. The number of anilines is 1. The summed E-state index contributed by atoms with van der Waals surface area (Å²) >= 11 is 0. The molecule has 2 amide bonds.